The summed E-state index contributed by atoms with van der Waals surface area (Å²) < 4.78 is 25.2. The third-order valence-electron chi connectivity index (χ3n) is 3.07. The molecular weight excluding hydrogens is 453 g/mol. The summed E-state index contributed by atoms with van der Waals surface area (Å²) in [6.07, 6.45) is -1.08. The lowest BCUT2D eigenvalue weighted by molar-refractivity contribution is 0.0432. The molecule has 0 bridgehead atoms. The molecule has 150 valence electrons. The highest BCUT2D eigenvalue weighted by molar-refractivity contribution is 9.10. The fourth-order valence-corrected chi connectivity index (χ4v) is 3.90. The maximum absolute atomic E-state index is 14.3. The van der Waals surface area contributed by atoms with E-state index in [9.17, 15) is 19.2 Å². The first-order valence-corrected chi connectivity index (χ1v) is 9.79. The zero-order valence-corrected chi connectivity index (χ0v) is 18.6. The number of hydrogen-bond acceptors (Lipinski definition) is 7. The second kappa shape index (κ2) is 7.64. The molecular formula is C18H19BrFN3O4S. The number of pyridine rings is 1. The Hall–Kier alpha value is -2.25. The van der Waals surface area contributed by atoms with Gasteiger partial charge in [-0.25, -0.2) is 19.0 Å². The molecule has 2 aromatic rings. The molecule has 2 aromatic heterocycles. The summed E-state index contributed by atoms with van der Waals surface area (Å²) in [6.45, 7) is 9.80. The first-order chi connectivity index (χ1) is 12.7. The molecule has 0 fully saturated rings. The average Bonchev–Trinajstić information content (AvgIpc) is 2.87. The van der Waals surface area contributed by atoms with Crippen molar-refractivity contribution >= 4 is 54.5 Å². The van der Waals surface area contributed by atoms with Crippen molar-refractivity contribution < 1.29 is 23.5 Å². The van der Waals surface area contributed by atoms with Crippen molar-refractivity contribution in [2.45, 2.75) is 52.7 Å². The molecule has 0 unspecified atom stereocenters. The number of ether oxygens (including phenoxy) is 2. The molecule has 0 aromatic carbocycles. The second-order valence-corrected chi connectivity index (χ2v) is 9.54. The van der Waals surface area contributed by atoms with Crippen LogP contribution < -0.4 is 4.90 Å². The maximum atomic E-state index is 14.3. The van der Waals surface area contributed by atoms with Gasteiger partial charge in [-0.2, -0.15) is 10.2 Å². The third kappa shape index (κ3) is 4.77. The van der Waals surface area contributed by atoms with Gasteiger partial charge in [0.25, 0.3) is 0 Å². The quantitative estimate of drug-likeness (QED) is 0.491. The van der Waals surface area contributed by atoms with E-state index < -0.39 is 29.2 Å². The number of anilines is 1. The predicted molar refractivity (Wildman–Crippen MR) is 107 cm³/mol. The van der Waals surface area contributed by atoms with E-state index in [2.05, 4.69) is 20.9 Å². The van der Waals surface area contributed by atoms with Crippen LogP contribution in [0.4, 0.5) is 19.0 Å². The topological polar surface area (TPSA) is 92.5 Å². The highest BCUT2D eigenvalue weighted by Crippen LogP contribution is 2.42. The first-order valence-electron chi connectivity index (χ1n) is 8.18. The lowest BCUT2D eigenvalue weighted by Crippen LogP contribution is -2.43. The number of imide groups is 1. The smallest absolute Gasteiger partial charge is 0.425 e. The molecule has 10 heteroatoms. The molecule has 0 N–H and O–H groups in total. The molecule has 2 amide bonds. The SMILES string of the molecule is CC(C)(C)OC(=O)N(C(=O)OC(C)(C)C)c1sc2c(F)cnc(Br)c2c1C#N. The van der Waals surface area contributed by atoms with Gasteiger partial charge in [-0.05, 0) is 57.5 Å². The van der Waals surface area contributed by atoms with Gasteiger partial charge in [-0.1, -0.05) is 0 Å². The number of hydrogen-bond donors (Lipinski definition) is 0. The van der Waals surface area contributed by atoms with E-state index in [0.717, 1.165) is 17.5 Å². The van der Waals surface area contributed by atoms with Crippen molar-refractivity contribution in [3.63, 3.8) is 0 Å². The molecule has 0 aliphatic rings. The van der Waals surface area contributed by atoms with Crippen LogP contribution in [-0.4, -0.2) is 28.4 Å². The van der Waals surface area contributed by atoms with Crippen LogP contribution in [0.25, 0.3) is 10.1 Å². The van der Waals surface area contributed by atoms with Crippen molar-refractivity contribution in [1.29, 1.82) is 5.26 Å². The van der Waals surface area contributed by atoms with Crippen LogP contribution in [0.5, 0.6) is 0 Å². The zero-order chi connectivity index (χ0) is 21.4. The van der Waals surface area contributed by atoms with Crippen LogP contribution in [0.2, 0.25) is 0 Å². The molecule has 28 heavy (non-hydrogen) atoms. The number of amides is 2. The number of nitriles is 1. The minimum atomic E-state index is -1.03. The van der Waals surface area contributed by atoms with Gasteiger partial charge in [0.05, 0.1) is 16.5 Å². The Labute approximate surface area is 174 Å². The molecule has 0 saturated carbocycles. The van der Waals surface area contributed by atoms with E-state index in [0.29, 0.717) is 4.90 Å². The molecule has 2 rings (SSSR count). The summed E-state index contributed by atoms with van der Waals surface area (Å²) in [5.41, 5.74) is -1.90. The van der Waals surface area contributed by atoms with Crippen LogP contribution in [0.15, 0.2) is 10.8 Å². The molecule has 0 spiro atoms. The van der Waals surface area contributed by atoms with Gasteiger partial charge in [-0.15, -0.1) is 11.3 Å². The van der Waals surface area contributed by atoms with Gasteiger partial charge in [0.15, 0.2) is 5.82 Å². The molecule has 0 aliphatic carbocycles. The van der Waals surface area contributed by atoms with Crippen LogP contribution in [0.1, 0.15) is 47.1 Å². The van der Waals surface area contributed by atoms with Crippen LogP contribution in [0.3, 0.4) is 0 Å². The molecule has 0 atom stereocenters. The Bertz CT molecular complexity index is 958. The summed E-state index contributed by atoms with van der Waals surface area (Å²) in [5, 5.41) is 9.72. The number of aromatic nitrogens is 1. The van der Waals surface area contributed by atoms with Gasteiger partial charge in [-0.3, -0.25) is 0 Å². The molecule has 0 saturated heterocycles. The van der Waals surface area contributed by atoms with Gasteiger partial charge in [0.2, 0.25) is 0 Å². The van der Waals surface area contributed by atoms with Gasteiger partial charge < -0.3 is 9.47 Å². The Morgan fingerprint density at radius 3 is 2.11 bits per heavy atom. The van der Waals surface area contributed by atoms with E-state index in [-0.39, 0.29) is 25.3 Å². The van der Waals surface area contributed by atoms with Crippen LogP contribution >= 0.6 is 27.3 Å². The summed E-state index contributed by atoms with van der Waals surface area (Å²) in [4.78, 5) is 30.0. The summed E-state index contributed by atoms with van der Waals surface area (Å²) in [5.74, 6) is -0.681. The monoisotopic (exact) mass is 471 g/mol. The number of carbonyl (C=O) groups is 2. The Morgan fingerprint density at radius 2 is 1.68 bits per heavy atom. The normalized spacial score (nSPS) is 11.8. The van der Waals surface area contributed by atoms with Crippen molar-refractivity contribution in [2.24, 2.45) is 0 Å². The summed E-state index contributed by atoms with van der Waals surface area (Å²) in [6, 6.07) is 1.92. The third-order valence-corrected chi connectivity index (χ3v) is 4.86. The number of nitrogens with zero attached hydrogens (tertiary/aromatic N) is 3. The van der Waals surface area contributed by atoms with Crippen molar-refractivity contribution in [2.75, 3.05) is 4.90 Å². The number of rotatable bonds is 1. The zero-order valence-electron chi connectivity index (χ0n) is 16.2. The van der Waals surface area contributed by atoms with Crippen LogP contribution in [-0.2, 0) is 9.47 Å². The average molecular weight is 472 g/mol. The molecule has 0 radical (unpaired) electrons. The number of thiophene rings is 1. The molecule has 0 aliphatic heterocycles. The standard InChI is InChI=1S/C18H19BrFN3O4S/c1-17(2,3)26-15(24)23(16(25)27-18(4,5)6)14-9(7-21)11-12(28-14)10(20)8-22-13(11)19/h8H,1-6H3. The fourth-order valence-electron chi connectivity index (χ4n) is 2.14. The minimum absolute atomic E-state index is 0.0746. The number of carbonyl (C=O) groups excluding carboxylic acids is 2. The van der Waals surface area contributed by atoms with Crippen molar-refractivity contribution in [1.82, 2.24) is 4.98 Å². The minimum Gasteiger partial charge on any atom is -0.443 e. The van der Waals surface area contributed by atoms with E-state index in [4.69, 9.17) is 9.47 Å². The van der Waals surface area contributed by atoms with E-state index in [1.807, 2.05) is 6.07 Å². The lowest BCUT2D eigenvalue weighted by atomic mass is 10.2. The second-order valence-electron chi connectivity index (χ2n) is 7.79. The molecule has 7 nitrogen and oxygen atoms in total. The maximum Gasteiger partial charge on any atom is 0.425 e. The Balaban J connectivity index is 2.72. The Morgan fingerprint density at radius 1 is 1.18 bits per heavy atom. The highest BCUT2D eigenvalue weighted by atomic mass is 79.9. The first kappa shape index (κ1) is 22.0. The summed E-state index contributed by atoms with van der Waals surface area (Å²) in [7, 11) is 0. The fraction of sp³-hybridized carbons (Fsp3) is 0.444. The number of fused-ring (bicyclic) bond motifs is 1. The van der Waals surface area contributed by atoms with Crippen molar-refractivity contribution in [3.05, 3.63) is 22.2 Å². The van der Waals surface area contributed by atoms with Crippen molar-refractivity contribution in [3.8, 4) is 6.07 Å². The highest BCUT2D eigenvalue weighted by Gasteiger charge is 2.36. The number of halogens is 2. The Kier molecular flexibility index (Phi) is 6.01. The largest absolute Gasteiger partial charge is 0.443 e. The van der Waals surface area contributed by atoms with Gasteiger partial charge in [0.1, 0.15) is 26.9 Å². The lowest BCUT2D eigenvalue weighted by Gasteiger charge is -2.28. The van der Waals surface area contributed by atoms with Gasteiger partial charge in [0, 0.05) is 5.39 Å². The van der Waals surface area contributed by atoms with E-state index in [1.165, 1.54) is 0 Å². The van der Waals surface area contributed by atoms with Gasteiger partial charge >= 0.3 is 12.2 Å². The molecule has 2 heterocycles. The predicted octanol–water partition coefficient (Wildman–Crippen LogP) is 5.75. The van der Waals surface area contributed by atoms with E-state index >= 15 is 0 Å². The van der Waals surface area contributed by atoms with E-state index in [1.54, 1.807) is 41.5 Å². The summed E-state index contributed by atoms with van der Waals surface area (Å²) >= 11 is 3.95. The van der Waals surface area contributed by atoms with Crippen LogP contribution in [0, 0.1) is 17.1 Å².